The molecule has 0 saturated carbocycles. The van der Waals surface area contributed by atoms with Crippen molar-refractivity contribution in [2.24, 2.45) is 0 Å². The lowest BCUT2D eigenvalue weighted by atomic mass is 9.95. The van der Waals surface area contributed by atoms with Gasteiger partial charge in [0.1, 0.15) is 0 Å². The molecule has 28 heavy (non-hydrogen) atoms. The van der Waals surface area contributed by atoms with E-state index in [1.807, 2.05) is 0 Å². The fourth-order valence-corrected chi connectivity index (χ4v) is 4.06. The number of hydrogen-bond donors (Lipinski definition) is 1. The van der Waals surface area contributed by atoms with E-state index in [1.54, 1.807) is 7.11 Å². The van der Waals surface area contributed by atoms with Crippen LogP contribution in [0.25, 0.3) is 10.9 Å². The molecule has 2 aliphatic rings. The molecule has 6 heteroatoms. The average Bonchev–Trinajstić information content (AvgIpc) is 3.23. The molecule has 0 spiro atoms. The number of aromatic nitrogens is 1. The molecule has 4 rings (SSSR count). The van der Waals surface area contributed by atoms with E-state index in [0.717, 1.165) is 54.8 Å². The smallest absolute Gasteiger partial charge is 0.290 e. The Bertz CT molecular complexity index is 788. The van der Waals surface area contributed by atoms with Gasteiger partial charge in [-0.25, -0.2) is 0 Å². The third kappa shape index (κ3) is 5.13. The second-order valence-electron chi connectivity index (χ2n) is 7.35. The third-order valence-corrected chi connectivity index (χ3v) is 5.45. The molecule has 0 radical (unpaired) electrons. The number of pyridine rings is 1. The van der Waals surface area contributed by atoms with Crippen molar-refractivity contribution in [3.05, 3.63) is 29.5 Å². The van der Waals surface area contributed by atoms with Crippen molar-refractivity contribution in [2.45, 2.75) is 44.9 Å². The maximum atomic E-state index is 8.36. The van der Waals surface area contributed by atoms with E-state index in [4.69, 9.17) is 24.4 Å². The molecule has 1 N–H and O–H groups in total. The van der Waals surface area contributed by atoms with Gasteiger partial charge < -0.3 is 19.5 Å². The highest BCUT2D eigenvalue weighted by Gasteiger charge is 2.15. The zero-order valence-electron chi connectivity index (χ0n) is 16.7. The Hall–Kier alpha value is -2.34. The van der Waals surface area contributed by atoms with Crippen LogP contribution in [0.2, 0.25) is 0 Å². The summed E-state index contributed by atoms with van der Waals surface area (Å²) in [6, 6.07) is 6.42. The van der Waals surface area contributed by atoms with Crippen LogP contribution in [-0.4, -0.2) is 54.8 Å². The summed E-state index contributed by atoms with van der Waals surface area (Å²) in [6.07, 6.45) is 8.51. The van der Waals surface area contributed by atoms with E-state index in [1.165, 1.54) is 50.0 Å². The third-order valence-electron chi connectivity index (χ3n) is 5.45. The van der Waals surface area contributed by atoms with Crippen LogP contribution in [0.15, 0.2) is 18.2 Å². The maximum absolute atomic E-state index is 8.36. The fraction of sp³-hybridized carbons (Fsp3) is 0.545. The first kappa shape index (κ1) is 20.4. The molecule has 0 atom stereocenters. The van der Waals surface area contributed by atoms with Gasteiger partial charge >= 0.3 is 0 Å². The van der Waals surface area contributed by atoms with E-state index < -0.39 is 0 Å². The van der Waals surface area contributed by atoms with Gasteiger partial charge in [0, 0.05) is 23.7 Å². The van der Waals surface area contributed by atoms with E-state index in [9.17, 15) is 0 Å². The summed E-state index contributed by atoms with van der Waals surface area (Å²) in [5.74, 6) is 1.63. The van der Waals surface area contributed by atoms with Gasteiger partial charge in [0.2, 0.25) is 0 Å². The van der Waals surface area contributed by atoms with Gasteiger partial charge in [-0.15, -0.1) is 0 Å². The number of methoxy groups -OCH3 is 1. The largest absolute Gasteiger partial charge is 0.493 e. The number of nitrogens with zero attached hydrogens (tertiary/aromatic N) is 2. The van der Waals surface area contributed by atoms with E-state index >= 15 is 0 Å². The summed E-state index contributed by atoms with van der Waals surface area (Å²) in [7, 11) is 1.71. The van der Waals surface area contributed by atoms with Crippen molar-refractivity contribution in [2.75, 3.05) is 33.4 Å². The highest BCUT2D eigenvalue weighted by Crippen LogP contribution is 2.34. The molecule has 1 aromatic heterocycles. The molecule has 0 bridgehead atoms. The van der Waals surface area contributed by atoms with Crippen LogP contribution in [-0.2, 0) is 17.6 Å². The van der Waals surface area contributed by atoms with Crippen LogP contribution in [0, 0.1) is 0 Å². The molecular formula is C22H30N2O4. The van der Waals surface area contributed by atoms with Crippen LogP contribution in [0.3, 0.4) is 0 Å². The zero-order chi connectivity index (χ0) is 19.8. The number of hydrogen-bond acceptors (Lipinski definition) is 5. The molecule has 1 fully saturated rings. The monoisotopic (exact) mass is 386 g/mol. The molecule has 1 aliphatic carbocycles. The Morgan fingerprint density at radius 1 is 1.11 bits per heavy atom. The molecule has 152 valence electrons. The van der Waals surface area contributed by atoms with Crippen molar-refractivity contribution >= 4 is 17.4 Å². The second-order valence-corrected chi connectivity index (χ2v) is 7.35. The highest BCUT2D eigenvalue weighted by molar-refractivity contribution is 5.83. The van der Waals surface area contributed by atoms with Gasteiger partial charge in [-0.3, -0.25) is 9.78 Å². The quantitative estimate of drug-likeness (QED) is 0.603. The van der Waals surface area contributed by atoms with Gasteiger partial charge in [0.05, 0.1) is 19.2 Å². The maximum Gasteiger partial charge on any atom is 0.290 e. The number of likely N-dealkylation sites (tertiary alicyclic amines) is 1. The Labute approximate surface area is 166 Å². The Morgan fingerprint density at radius 3 is 2.61 bits per heavy atom. The standard InChI is InChI=1S/C21H28N2O2.CH2O2/c1-24-20-14-17-13-16-7-2-3-8-18(16)22-19(17)15-21(20)25-12-6-11-23-9-4-5-10-23;2-1-3/h13-15H,2-12H2,1H3;1H,(H,2,3). The average molecular weight is 386 g/mol. The number of carboxylic acid groups (broad SMARTS) is 1. The Morgan fingerprint density at radius 2 is 1.86 bits per heavy atom. The van der Waals surface area contributed by atoms with Crippen molar-refractivity contribution < 1.29 is 19.4 Å². The normalized spacial score (nSPS) is 16.2. The second kappa shape index (κ2) is 10.3. The van der Waals surface area contributed by atoms with Crippen LogP contribution in [0.5, 0.6) is 11.5 Å². The minimum absolute atomic E-state index is 0.250. The van der Waals surface area contributed by atoms with Crippen molar-refractivity contribution in [3.8, 4) is 11.5 Å². The number of rotatable bonds is 6. The first-order valence-electron chi connectivity index (χ1n) is 10.2. The lowest BCUT2D eigenvalue weighted by molar-refractivity contribution is -0.122. The van der Waals surface area contributed by atoms with Crippen molar-refractivity contribution in [3.63, 3.8) is 0 Å². The van der Waals surface area contributed by atoms with Crippen molar-refractivity contribution in [1.29, 1.82) is 0 Å². The molecule has 1 aromatic carbocycles. The predicted octanol–water partition coefficient (Wildman–Crippen LogP) is 3.69. The Balaban J connectivity index is 0.000000706. The number of fused-ring (bicyclic) bond motifs is 2. The molecule has 2 heterocycles. The van der Waals surface area contributed by atoms with Gasteiger partial charge in [0.25, 0.3) is 6.47 Å². The molecule has 6 nitrogen and oxygen atoms in total. The summed E-state index contributed by atoms with van der Waals surface area (Å²) >= 11 is 0. The molecule has 0 unspecified atom stereocenters. The first-order valence-corrected chi connectivity index (χ1v) is 10.2. The van der Waals surface area contributed by atoms with Gasteiger partial charge in [0.15, 0.2) is 11.5 Å². The van der Waals surface area contributed by atoms with Gasteiger partial charge in [-0.05, 0) is 75.7 Å². The molecule has 1 saturated heterocycles. The summed E-state index contributed by atoms with van der Waals surface area (Å²) in [4.78, 5) is 15.8. The van der Waals surface area contributed by atoms with E-state index in [0.29, 0.717) is 0 Å². The van der Waals surface area contributed by atoms with Gasteiger partial charge in [-0.2, -0.15) is 0 Å². The number of benzene rings is 1. The highest BCUT2D eigenvalue weighted by atomic mass is 16.5. The van der Waals surface area contributed by atoms with Crippen LogP contribution >= 0.6 is 0 Å². The lowest BCUT2D eigenvalue weighted by Gasteiger charge is -2.18. The summed E-state index contributed by atoms with van der Waals surface area (Å²) in [6.45, 7) is 4.09. The van der Waals surface area contributed by atoms with E-state index in [2.05, 4.69) is 23.1 Å². The molecule has 0 amide bonds. The van der Waals surface area contributed by atoms with Crippen molar-refractivity contribution in [1.82, 2.24) is 9.88 Å². The predicted molar refractivity (Wildman–Crippen MR) is 109 cm³/mol. The molecular weight excluding hydrogens is 356 g/mol. The Kier molecular flexibility index (Phi) is 7.48. The number of carbonyl (C=O) groups is 1. The number of ether oxygens (including phenoxy) is 2. The summed E-state index contributed by atoms with van der Waals surface area (Å²) in [5.41, 5.74) is 3.69. The summed E-state index contributed by atoms with van der Waals surface area (Å²) < 4.78 is 11.6. The number of aryl methyl sites for hydroxylation is 2. The minimum Gasteiger partial charge on any atom is -0.493 e. The first-order chi connectivity index (χ1) is 13.7. The van der Waals surface area contributed by atoms with Crippen LogP contribution in [0.4, 0.5) is 0 Å². The summed E-state index contributed by atoms with van der Waals surface area (Å²) in [5, 5.41) is 8.04. The molecule has 1 aliphatic heterocycles. The van der Waals surface area contributed by atoms with Gasteiger partial charge in [-0.1, -0.05) is 0 Å². The fourth-order valence-electron chi connectivity index (χ4n) is 4.06. The minimum atomic E-state index is -0.250. The van der Waals surface area contributed by atoms with Crippen LogP contribution in [0.1, 0.15) is 43.4 Å². The molecule has 2 aromatic rings. The lowest BCUT2D eigenvalue weighted by Crippen LogP contribution is -2.21. The zero-order valence-corrected chi connectivity index (χ0v) is 16.7. The SMILES string of the molecule is COc1cc2cc3c(nc2cc1OCCCN1CCCC1)CCCC3.O=CO. The van der Waals surface area contributed by atoms with E-state index in [-0.39, 0.29) is 6.47 Å². The van der Waals surface area contributed by atoms with Crippen LogP contribution < -0.4 is 9.47 Å². The topological polar surface area (TPSA) is 71.9 Å².